The van der Waals surface area contributed by atoms with Crippen LogP contribution in [0.25, 0.3) is 0 Å². The van der Waals surface area contributed by atoms with Gasteiger partial charge in [0.15, 0.2) is 11.5 Å². The van der Waals surface area contributed by atoms with Gasteiger partial charge < -0.3 is 31.4 Å². The molecule has 3 amide bonds. The normalized spacial score (nSPS) is 24.5. The van der Waals surface area contributed by atoms with E-state index in [4.69, 9.17) is 16.4 Å². The molecule has 5 atom stereocenters. The van der Waals surface area contributed by atoms with Gasteiger partial charge in [-0.3, -0.25) is 23.9 Å². The minimum absolute atomic E-state index is 0.0270. The zero-order valence-corrected chi connectivity index (χ0v) is 26.4. The SMILES string of the molecule is CON(C(=O)C1CNCC1NC(=O)c1ccc(NC(=O)c2ncc(Cc3cn([C@H]4CC4(F)F)nc3C(F)(F)F)[nH]2)cc1Cl)[C@H]1CNC[C@@H]1O. The number of hydrogen-bond donors (Lipinski definition) is 6. The van der Waals surface area contributed by atoms with Crippen LogP contribution in [0.3, 0.4) is 0 Å². The molecule has 2 aromatic heterocycles. The molecule has 264 valence electrons. The lowest BCUT2D eigenvalue weighted by Crippen LogP contribution is -2.52. The highest BCUT2D eigenvalue weighted by Gasteiger charge is 2.59. The first kappa shape index (κ1) is 34.7. The fourth-order valence-corrected chi connectivity index (χ4v) is 6.22. The molecule has 2 aliphatic heterocycles. The maximum Gasteiger partial charge on any atom is 0.435 e. The molecule has 6 rings (SSSR count). The number of nitrogens with one attached hydrogen (secondary N) is 5. The van der Waals surface area contributed by atoms with Gasteiger partial charge in [-0.1, -0.05) is 11.6 Å². The van der Waals surface area contributed by atoms with Gasteiger partial charge in [0.1, 0.15) is 6.04 Å². The lowest BCUT2D eigenvalue weighted by molar-refractivity contribution is -0.198. The second-order valence-corrected chi connectivity index (χ2v) is 12.4. The Hall–Kier alpha value is -4.17. The lowest BCUT2D eigenvalue weighted by Gasteiger charge is -2.31. The van der Waals surface area contributed by atoms with Crippen molar-refractivity contribution in [3.63, 3.8) is 0 Å². The Kier molecular flexibility index (Phi) is 9.40. The number of alkyl halides is 5. The standard InChI is InChI=1S/C29H31ClF5N9O5/c1-49-44(20-10-37-11-21(20)45)27(48)17-8-36-9-19(17)41-25(46)16-3-2-14(5-18(16)30)40-26(47)24-38-7-15(39-24)4-13-12-43(22-6-28(22,31)32)42-23(13)29(33,34)35/h2-3,5,7,12,17,19-22,36-37,45H,4,6,8-11H2,1H3,(H,38,39)(H,40,47)(H,41,46)/t17?,19?,20-,21-,22-/m0/s1. The van der Waals surface area contributed by atoms with Gasteiger partial charge in [-0.05, 0) is 18.2 Å². The first-order valence-electron chi connectivity index (χ1n) is 15.1. The Morgan fingerprint density at radius 1 is 1.16 bits per heavy atom. The number of aromatic nitrogens is 4. The number of carbonyl (C=O) groups is 3. The lowest BCUT2D eigenvalue weighted by atomic mass is 10.0. The summed E-state index contributed by atoms with van der Waals surface area (Å²) in [7, 11) is 1.33. The van der Waals surface area contributed by atoms with Crippen molar-refractivity contribution in [3.8, 4) is 0 Å². The van der Waals surface area contributed by atoms with Gasteiger partial charge in [-0.15, -0.1) is 0 Å². The van der Waals surface area contributed by atoms with Gasteiger partial charge in [-0.2, -0.15) is 18.3 Å². The van der Waals surface area contributed by atoms with Crippen molar-refractivity contribution in [3.05, 3.63) is 64.0 Å². The molecule has 0 radical (unpaired) electrons. The maximum absolute atomic E-state index is 13.6. The number of carbonyl (C=O) groups excluding carboxylic acids is 3. The van der Waals surface area contributed by atoms with Gasteiger partial charge in [0, 0.05) is 68.4 Å². The average molecular weight is 716 g/mol. The zero-order valence-electron chi connectivity index (χ0n) is 25.7. The van der Waals surface area contributed by atoms with Crippen LogP contribution in [0.5, 0.6) is 0 Å². The minimum atomic E-state index is -4.89. The van der Waals surface area contributed by atoms with Crippen molar-refractivity contribution < 1.29 is 46.3 Å². The van der Waals surface area contributed by atoms with Crippen LogP contribution in [-0.4, -0.2) is 105 Å². The van der Waals surface area contributed by atoms with E-state index in [1.807, 2.05) is 0 Å². The number of halogens is 6. The number of nitrogens with zero attached hydrogens (tertiary/aromatic N) is 4. The molecule has 3 aromatic rings. The summed E-state index contributed by atoms with van der Waals surface area (Å²) < 4.78 is 68.2. The molecule has 6 N–H and O–H groups in total. The minimum Gasteiger partial charge on any atom is -0.389 e. The molecule has 3 aliphatic rings. The Morgan fingerprint density at radius 3 is 2.53 bits per heavy atom. The molecule has 0 spiro atoms. The number of aliphatic hydroxyl groups excluding tert-OH is 1. The van der Waals surface area contributed by atoms with Crippen molar-refractivity contribution in [1.29, 1.82) is 0 Å². The molecular formula is C29H31ClF5N9O5. The number of β-amino-alcohol motifs (C(OH)–C–C–N with tert-alkyl or cyclic N) is 1. The van der Waals surface area contributed by atoms with E-state index in [2.05, 4.69) is 36.3 Å². The monoisotopic (exact) mass is 715 g/mol. The number of amides is 3. The largest absolute Gasteiger partial charge is 0.435 e. The summed E-state index contributed by atoms with van der Waals surface area (Å²) >= 11 is 6.38. The molecule has 1 aromatic carbocycles. The van der Waals surface area contributed by atoms with Crippen LogP contribution in [0, 0.1) is 5.92 Å². The molecule has 0 bridgehead atoms. The van der Waals surface area contributed by atoms with Gasteiger partial charge >= 0.3 is 6.18 Å². The molecule has 4 heterocycles. The average Bonchev–Trinajstić information content (AvgIpc) is 3.65. The number of hydrogen-bond acceptors (Lipinski definition) is 9. The second kappa shape index (κ2) is 13.3. The van der Waals surface area contributed by atoms with Crippen LogP contribution in [0.2, 0.25) is 5.02 Å². The number of H-pyrrole nitrogens is 1. The third-order valence-corrected chi connectivity index (χ3v) is 8.91. The van der Waals surface area contributed by atoms with Crippen LogP contribution in [0.15, 0.2) is 30.6 Å². The van der Waals surface area contributed by atoms with E-state index in [-0.39, 0.29) is 39.9 Å². The molecule has 1 saturated carbocycles. The highest BCUT2D eigenvalue weighted by Crippen LogP contribution is 2.52. The van der Waals surface area contributed by atoms with E-state index < -0.39 is 78.5 Å². The summed E-state index contributed by atoms with van der Waals surface area (Å²) in [5.41, 5.74) is -1.34. The van der Waals surface area contributed by atoms with Crippen LogP contribution >= 0.6 is 11.6 Å². The predicted octanol–water partition coefficient (Wildman–Crippen LogP) is 1.74. The molecule has 1 aliphatic carbocycles. The van der Waals surface area contributed by atoms with Crippen molar-refractivity contribution in [2.24, 2.45) is 5.92 Å². The molecule has 49 heavy (non-hydrogen) atoms. The number of imidazole rings is 1. The van der Waals surface area contributed by atoms with Gasteiger partial charge in [0.2, 0.25) is 0 Å². The van der Waals surface area contributed by atoms with Crippen LogP contribution < -0.4 is 21.3 Å². The van der Waals surface area contributed by atoms with Crippen molar-refractivity contribution in [2.75, 3.05) is 38.6 Å². The summed E-state index contributed by atoms with van der Waals surface area (Å²) in [5, 5.41) is 26.1. The Bertz CT molecular complexity index is 1750. The number of aromatic amines is 1. The molecule has 2 saturated heterocycles. The molecule has 2 unspecified atom stereocenters. The third-order valence-electron chi connectivity index (χ3n) is 8.60. The van der Waals surface area contributed by atoms with E-state index in [0.717, 1.165) is 17.5 Å². The zero-order chi connectivity index (χ0) is 35.2. The molecule has 20 heteroatoms. The quantitative estimate of drug-likeness (QED) is 0.135. The number of hydroxylamine groups is 2. The highest BCUT2D eigenvalue weighted by molar-refractivity contribution is 6.34. The Morgan fingerprint density at radius 2 is 1.90 bits per heavy atom. The van der Waals surface area contributed by atoms with Crippen molar-refractivity contribution in [2.45, 2.75) is 49.2 Å². The summed E-state index contributed by atoms with van der Waals surface area (Å²) in [4.78, 5) is 51.1. The molecule has 14 nitrogen and oxygen atoms in total. The summed E-state index contributed by atoms with van der Waals surface area (Å²) in [6, 6.07) is 1.42. The van der Waals surface area contributed by atoms with Gasteiger partial charge in [-0.25, -0.2) is 18.8 Å². The fourth-order valence-electron chi connectivity index (χ4n) is 5.96. The molecule has 3 fully saturated rings. The second-order valence-electron chi connectivity index (χ2n) is 12.0. The van der Waals surface area contributed by atoms with E-state index in [0.29, 0.717) is 24.3 Å². The first-order chi connectivity index (χ1) is 23.2. The van der Waals surface area contributed by atoms with Crippen LogP contribution in [-0.2, 0) is 22.2 Å². The Balaban J connectivity index is 1.08. The van der Waals surface area contributed by atoms with Crippen LogP contribution in [0.4, 0.5) is 27.6 Å². The van der Waals surface area contributed by atoms with Crippen molar-refractivity contribution >= 4 is 35.0 Å². The van der Waals surface area contributed by atoms with Gasteiger partial charge in [0.25, 0.3) is 23.6 Å². The Labute approximate surface area is 279 Å². The van der Waals surface area contributed by atoms with E-state index in [9.17, 15) is 41.4 Å². The first-order valence-corrected chi connectivity index (χ1v) is 15.5. The number of anilines is 1. The number of aliphatic hydroxyl groups is 1. The smallest absolute Gasteiger partial charge is 0.389 e. The third kappa shape index (κ3) is 7.25. The summed E-state index contributed by atoms with van der Waals surface area (Å²) in [6.07, 6.45) is -4.64. The van der Waals surface area contributed by atoms with E-state index in [1.54, 1.807) is 0 Å². The summed E-state index contributed by atoms with van der Waals surface area (Å²) in [6.45, 7) is 1.21. The maximum atomic E-state index is 13.6. The van der Waals surface area contributed by atoms with Gasteiger partial charge in [0.05, 0.1) is 41.8 Å². The topological polar surface area (TPSA) is 179 Å². The number of benzene rings is 1. The van der Waals surface area contributed by atoms with E-state index in [1.165, 1.54) is 25.3 Å². The molecular weight excluding hydrogens is 685 g/mol. The van der Waals surface area contributed by atoms with Crippen LogP contribution in [0.1, 0.15) is 50.4 Å². The summed E-state index contributed by atoms with van der Waals surface area (Å²) in [5.74, 6) is -5.83. The predicted molar refractivity (Wildman–Crippen MR) is 161 cm³/mol. The van der Waals surface area contributed by atoms with E-state index >= 15 is 0 Å². The van der Waals surface area contributed by atoms with Crippen molar-refractivity contribution in [1.82, 2.24) is 40.8 Å². The number of rotatable bonds is 10. The highest BCUT2D eigenvalue weighted by atomic mass is 35.5. The fraction of sp³-hybridized carbons (Fsp3) is 0.483.